The van der Waals surface area contributed by atoms with Crippen LogP contribution in [-0.4, -0.2) is 38.7 Å². The summed E-state index contributed by atoms with van der Waals surface area (Å²) >= 11 is 1.31. The number of carbonyl (C=O) groups excluding carboxylic acids is 1. The molecule has 0 saturated carbocycles. The Bertz CT molecular complexity index is 1460. The van der Waals surface area contributed by atoms with Crippen molar-refractivity contribution in [1.29, 1.82) is 0 Å². The number of nitrogens with zero attached hydrogens (tertiary/aromatic N) is 3. The number of benzene rings is 2. The number of rotatable bonds is 6. The van der Waals surface area contributed by atoms with Crippen molar-refractivity contribution in [2.24, 2.45) is 4.99 Å². The second-order valence-corrected chi connectivity index (χ2v) is 9.25. The molecule has 1 aliphatic rings. The normalized spacial score (nSPS) is 15.6. The van der Waals surface area contributed by atoms with Gasteiger partial charge in [-0.15, -0.1) is 0 Å². The molecule has 0 bridgehead atoms. The Morgan fingerprint density at radius 2 is 1.76 bits per heavy atom. The topological polar surface area (TPSA) is 73.1 Å². The number of hydrogen-bond donors (Lipinski definition) is 0. The Hall–Kier alpha value is -3.65. The Morgan fingerprint density at radius 3 is 2.35 bits per heavy atom. The molecule has 3 aromatic rings. The molecule has 1 atom stereocenters. The number of carbonyl (C=O) groups is 1. The van der Waals surface area contributed by atoms with E-state index in [1.165, 1.54) is 18.3 Å². The maximum atomic E-state index is 13.6. The van der Waals surface area contributed by atoms with Gasteiger partial charge in [0.1, 0.15) is 0 Å². The van der Waals surface area contributed by atoms with E-state index in [-0.39, 0.29) is 11.3 Å². The molecule has 1 aromatic heterocycles. The molecule has 34 heavy (non-hydrogen) atoms. The molecule has 0 radical (unpaired) electrons. The summed E-state index contributed by atoms with van der Waals surface area (Å²) in [6.07, 6.45) is 1.81. The fraction of sp³-hybridized carbons (Fsp3) is 0.269. The average Bonchev–Trinajstić information content (AvgIpc) is 3.12. The molecule has 0 saturated heterocycles. The zero-order valence-corrected chi connectivity index (χ0v) is 20.9. The maximum absolute atomic E-state index is 13.6. The van der Waals surface area contributed by atoms with Gasteiger partial charge in [0.05, 0.1) is 24.8 Å². The molecule has 0 unspecified atom stereocenters. The van der Waals surface area contributed by atoms with Crippen LogP contribution in [0.5, 0.6) is 11.5 Å². The Kier molecular flexibility index (Phi) is 6.43. The van der Waals surface area contributed by atoms with E-state index in [1.807, 2.05) is 68.4 Å². The van der Waals surface area contributed by atoms with Gasteiger partial charge in [-0.1, -0.05) is 29.5 Å². The Balaban J connectivity index is 1.91. The summed E-state index contributed by atoms with van der Waals surface area (Å²) < 4.78 is 12.9. The molecular formula is C26H27N3O4S. The number of anilines is 1. The lowest BCUT2D eigenvalue weighted by Gasteiger charge is -2.25. The molecular weight excluding hydrogens is 450 g/mol. The molecule has 0 aliphatic carbocycles. The van der Waals surface area contributed by atoms with Crippen LogP contribution in [0.2, 0.25) is 0 Å². The van der Waals surface area contributed by atoms with Crippen molar-refractivity contribution in [2.45, 2.75) is 19.9 Å². The second-order valence-electron chi connectivity index (χ2n) is 8.24. The van der Waals surface area contributed by atoms with Crippen molar-refractivity contribution >= 4 is 28.9 Å². The summed E-state index contributed by atoms with van der Waals surface area (Å²) in [5, 5.41) is 0. The fourth-order valence-electron chi connectivity index (χ4n) is 4.13. The van der Waals surface area contributed by atoms with E-state index >= 15 is 0 Å². The number of Topliss-reactive ketones (excluding diaryl/α,β-unsaturated/α-hetero) is 1. The first kappa shape index (κ1) is 23.5. The molecule has 176 valence electrons. The third-order valence-electron chi connectivity index (χ3n) is 5.83. The Morgan fingerprint density at radius 1 is 1.09 bits per heavy atom. The van der Waals surface area contributed by atoms with E-state index in [1.54, 1.807) is 24.9 Å². The molecule has 2 aromatic carbocycles. The molecule has 7 nitrogen and oxygen atoms in total. The molecule has 1 aliphatic heterocycles. The van der Waals surface area contributed by atoms with Gasteiger partial charge < -0.3 is 14.4 Å². The van der Waals surface area contributed by atoms with Crippen molar-refractivity contribution in [2.75, 3.05) is 33.2 Å². The highest BCUT2D eigenvalue weighted by atomic mass is 32.1. The standard InChI is InChI=1S/C26H27N3O4S/c1-15-23(16(2)30)24(18-8-10-19(11-9-18)28(3)4)29-25(31)22(34-26(29)27-15)14-17-7-12-20(32-5)21(13-17)33-6/h7-14,24H,1-6H3/b22-14+/t24-/m1/s1. The number of hydrogen-bond acceptors (Lipinski definition) is 7. The van der Waals surface area contributed by atoms with Crippen LogP contribution in [0.4, 0.5) is 5.69 Å². The van der Waals surface area contributed by atoms with Crippen molar-refractivity contribution in [3.63, 3.8) is 0 Å². The van der Waals surface area contributed by atoms with Gasteiger partial charge in [0, 0.05) is 31.1 Å². The number of thiazole rings is 1. The Labute approximate surface area is 201 Å². The molecule has 0 amide bonds. The first-order chi connectivity index (χ1) is 16.2. The monoisotopic (exact) mass is 477 g/mol. The van der Waals surface area contributed by atoms with E-state index in [9.17, 15) is 9.59 Å². The highest BCUT2D eigenvalue weighted by Crippen LogP contribution is 2.31. The lowest BCUT2D eigenvalue weighted by Crippen LogP contribution is -2.39. The summed E-state index contributed by atoms with van der Waals surface area (Å²) in [7, 11) is 7.09. The number of aromatic nitrogens is 1. The van der Waals surface area contributed by atoms with Gasteiger partial charge in [-0.05, 0) is 55.3 Å². The number of ketones is 1. The van der Waals surface area contributed by atoms with Gasteiger partial charge >= 0.3 is 0 Å². The summed E-state index contributed by atoms with van der Waals surface area (Å²) in [5.41, 5.74) is 3.68. The van der Waals surface area contributed by atoms with Crippen molar-refractivity contribution in [3.05, 3.63) is 84.5 Å². The van der Waals surface area contributed by atoms with Gasteiger partial charge in [-0.2, -0.15) is 0 Å². The smallest absolute Gasteiger partial charge is 0.271 e. The van der Waals surface area contributed by atoms with Crippen LogP contribution in [0.25, 0.3) is 6.08 Å². The van der Waals surface area contributed by atoms with Gasteiger partial charge in [0.25, 0.3) is 5.56 Å². The molecule has 8 heteroatoms. The molecule has 0 N–H and O–H groups in total. The minimum Gasteiger partial charge on any atom is -0.493 e. The van der Waals surface area contributed by atoms with Crippen molar-refractivity contribution < 1.29 is 14.3 Å². The zero-order chi connectivity index (χ0) is 24.6. The summed E-state index contributed by atoms with van der Waals surface area (Å²) in [6.45, 7) is 3.35. The number of fused-ring (bicyclic) bond motifs is 1. The van der Waals surface area contributed by atoms with Gasteiger partial charge in [-0.3, -0.25) is 14.2 Å². The second kappa shape index (κ2) is 9.30. The fourth-order valence-corrected chi connectivity index (χ4v) is 5.18. The van der Waals surface area contributed by atoms with Crippen LogP contribution in [0.1, 0.15) is 31.0 Å². The number of ether oxygens (including phenoxy) is 2. The number of methoxy groups -OCH3 is 2. The lowest BCUT2D eigenvalue weighted by molar-refractivity contribution is -0.114. The van der Waals surface area contributed by atoms with Gasteiger partial charge in [0.2, 0.25) is 0 Å². The summed E-state index contributed by atoms with van der Waals surface area (Å²) in [4.78, 5) is 33.5. The van der Waals surface area contributed by atoms with Crippen LogP contribution in [0.3, 0.4) is 0 Å². The minimum atomic E-state index is -0.530. The van der Waals surface area contributed by atoms with E-state index in [0.717, 1.165) is 16.8 Å². The van der Waals surface area contributed by atoms with Crippen molar-refractivity contribution in [1.82, 2.24) is 4.57 Å². The zero-order valence-electron chi connectivity index (χ0n) is 20.1. The predicted molar refractivity (Wildman–Crippen MR) is 135 cm³/mol. The highest BCUT2D eigenvalue weighted by molar-refractivity contribution is 7.07. The van der Waals surface area contributed by atoms with E-state index in [0.29, 0.717) is 32.1 Å². The lowest BCUT2D eigenvalue weighted by atomic mass is 9.93. The third-order valence-corrected chi connectivity index (χ3v) is 6.81. The van der Waals surface area contributed by atoms with Crippen LogP contribution in [-0.2, 0) is 4.79 Å². The summed E-state index contributed by atoms with van der Waals surface area (Å²) in [5.74, 6) is 1.10. The SMILES string of the molecule is COc1ccc(/C=c2/sc3n(c2=O)[C@H](c2ccc(N(C)C)cc2)C(C(C)=O)=C(C)N=3)cc1OC. The van der Waals surface area contributed by atoms with Crippen LogP contribution in [0.15, 0.2) is 63.5 Å². The summed E-state index contributed by atoms with van der Waals surface area (Å²) in [6, 6.07) is 12.9. The molecule has 0 spiro atoms. The van der Waals surface area contributed by atoms with Crippen LogP contribution < -0.4 is 29.3 Å². The van der Waals surface area contributed by atoms with Crippen molar-refractivity contribution in [3.8, 4) is 11.5 Å². The van der Waals surface area contributed by atoms with E-state index in [4.69, 9.17) is 9.47 Å². The van der Waals surface area contributed by atoms with Gasteiger partial charge in [0.15, 0.2) is 22.1 Å². The van der Waals surface area contributed by atoms with Crippen LogP contribution in [0, 0.1) is 0 Å². The largest absolute Gasteiger partial charge is 0.493 e. The first-order valence-electron chi connectivity index (χ1n) is 10.8. The van der Waals surface area contributed by atoms with Crippen LogP contribution >= 0.6 is 11.3 Å². The molecule has 4 rings (SSSR count). The predicted octanol–water partition coefficient (Wildman–Crippen LogP) is 2.91. The highest BCUT2D eigenvalue weighted by Gasteiger charge is 2.30. The van der Waals surface area contributed by atoms with E-state index < -0.39 is 6.04 Å². The minimum absolute atomic E-state index is 0.0999. The third kappa shape index (κ3) is 4.17. The number of allylic oxidation sites excluding steroid dienone is 2. The first-order valence-corrected chi connectivity index (χ1v) is 11.6. The molecule has 0 fully saturated rings. The quantitative estimate of drug-likeness (QED) is 0.546. The van der Waals surface area contributed by atoms with Gasteiger partial charge in [-0.25, -0.2) is 4.99 Å². The maximum Gasteiger partial charge on any atom is 0.271 e. The van der Waals surface area contributed by atoms with E-state index in [2.05, 4.69) is 4.99 Å². The molecule has 2 heterocycles. The average molecular weight is 478 g/mol.